The van der Waals surface area contributed by atoms with E-state index in [0.29, 0.717) is 6.54 Å². The smallest absolute Gasteiger partial charge is 0.177 e. The summed E-state index contributed by atoms with van der Waals surface area (Å²) in [7, 11) is 0. The minimum absolute atomic E-state index is 0.153. The lowest BCUT2D eigenvalue weighted by atomic mass is 10.0. The van der Waals surface area contributed by atoms with E-state index in [-0.39, 0.29) is 18.4 Å². The van der Waals surface area contributed by atoms with E-state index in [0.717, 1.165) is 36.1 Å². The number of aryl methyl sites for hydroxylation is 2. The third-order valence-electron chi connectivity index (χ3n) is 3.75. The molecule has 1 N–H and O–H groups in total. The molecule has 1 unspecified atom stereocenters. The van der Waals surface area contributed by atoms with Crippen molar-refractivity contribution >= 4 is 5.78 Å². The van der Waals surface area contributed by atoms with Gasteiger partial charge in [0.25, 0.3) is 0 Å². The molecule has 1 aromatic rings. The summed E-state index contributed by atoms with van der Waals surface area (Å²) in [5.74, 6) is 0.163. The Morgan fingerprint density at radius 3 is 2.94 bits per heavy atom. The first-order valence-electron chi connectivity index (χ1n) is 6.57. The van der Waals surface area contributed by atoms with E-state index >= 15 is 0 Å². The van der Waals surface area contributed by atoms with Gasteiger partial charge in [0, 0.05) is 11.6 Å². The van der Waals surface area contributed by atoms with E-state index in [4.69, 9.17) is 0 Å². The Morgan fingerprint density at radius 1 is 1.44 bits per heavy atom. The second-order valence-corrected chi connectivity index (χ2v) is 5.19. The van der Waals surface area contributed by atoms with Crippen molar-refractivity contribution < 1.29 is 9.90 Å². The molecular weight excluding hydrogens is 226 g/mol. The summed E-state index contributed by atoms with van der Waals surface area (Å²) in [6, 6.07) is 6.15. The van der Waals surface area contributed by atoms with E-state index in [1.54, 1.807) is 0 Å². The zero-order valence-corrected chi connectivity index (χ0v) is 11.1. The van der Waals surface area contributed by atoms with Crippen LogP contribution in [0.1, 0.15) is 34.3 Å². The van der Waals surface area contributed by atoms with Gasteiger partial charge < -0.3 is 5.11 Å². The molecule has 1 aromatic carbocycles. The average molecular weight is 247 g/mol. The van der Waals surface area contributed by atoms with Crippen LogP contribution < -0.4 is 0 Å². The van der Waals surface area contributed by atoms with Gasteiger partial charge in [-0.2, -0.15) is 0 Å². The van der Waals surface area contributed by atoms with Crippen LogP contribution >= 0.6 is 0 Å². The summed E-state index contributed by atoms with van der Waals surface area (Å²) in [5, 5.41) is 9.27. The van der Waals surface area contributed by atoms with E-state index < -0.39 is 0 Å². The van der Waals surface area contributed by atoms with Crippen molar-refractivity contribution in [2.24, 2.45) is 0 Å². The molecule has 1 saturated heterocycles. The molecule has 1 fully saturated rings. The second kappa shape index (κ2) is 5.63. The molecule has 1 aliphatic heterocycles. The number of rotatable bonds is 4. The second-order valence-electron chi connectivity index (χ2n) is 5.19. The number of aliphatic hydroxyl groups is 1. The Bertz CT molecular complexity index is 442. The number of benzene rings is 1. The molecule has 2 rings (SSSR count). The lowest BCUT2D eigenvalue weighted by Gasteiger charge is -2.22. The van der Waals surface area contributed by atoms with Crippen molar-refractivity contribution in [2.75, 3.05) is 19.7 Å². The Hall–Kier alpha value is -1.19. The first-order chi connectivity index (χ1) is 8.61. The predicted molar refractivity (Wildman–Crippen MR) is 71.9 cm³/mol. The first-order valence-corrected chi connectivity index (χ1v) is 6.57. The van der Waals surface area contributed by atoms with Crippen LogP contribution in [0.3, 0.4) is 0 Å². The van der Waals surface area contributed by atoms with Gasteiger partial charge in [-0.15, -0.1) is 0 Å². The van der Waals surface area contributed by atoms with Crippen LogP contribution in [0.25, 0.3) is 0 Å². The molecule has 98 valence electrons. The maximum Gasteiger partial charge on any atom is 0.177 e. The topological polar surface area (TPSA) is 40.5 Å². The van der Waals surface area contributed by atoms with Crippen molar-refractivity contribution in [1.29, 1.82) is 0 Å². The first kappa shape index (κ1) is 13.2. The zero-order chi connectivity index (χ0) is 13.1. The monoisotopic (exact) mass is 247 g/mol. The third kappa shape index (κ3) is 2.79. The molecule has 3 nitrogen and oxygen atoms in total. The maximum absolute atomic E-state index is 12.3. The predicted octanol–water partition coefficient (Wildman–Crippen LogP) is 1.94. The third-order valence-corrected chi connectivity index (χ3v) is 3.75. The van der Waals surface area contributed by atoms with Crippen LogP contribution in [0.15, 0.2) is 18.2 Å². The lowest BCUT2D eigenvalue weighted by molar-refractivity contribution is 0.0887. The highest BCUT2D eigenvalue weighted by molar-refractivity contribution is 5.99. The van der Waals surface area contributed by atoms with Crippen molar-refractivity contribution in [3.05, 3.63) is 34.9 Å². The Labute approximate surface area is 108 Å². The summed E-state index contributed by atoms with van der Waals surface area (Å²) in [6.07, 6.45) is 2.07. The van der Waals surface area contributed by atoms with Gasteiger partial charge in [0.05, 0.1) is 13.2 Å². The average Bonchev–Trinajstić information content (AvgIpc) is 2.79. The largest absolute Gasteiger partial charge is 0.395 e. The van der Waals surface area contributed by atoms with Crippen molar-refractivity contribution in [3.8, 4) is 0 Å². The number of carbonyl (C=O) groups excluding carboxylic acids is 1. The van der Waals surface area contributed by atoms with Crippen LogP contribution in [0.2, 0.25) is 0 Å². The number of hydrogen-bond acceptors (Lipinski definition) is 3. The fourth-order valence-corrected chi connectivity index (χ4v) is 2.62. The molecule has 0 aliphatic carbocycles. The summed E-state index contributed by atoms with van der Waals surface area (Å²) in [5.41, 5.74) is 2.97. The lowest BCUT2D eigenvalue weighted by Crippen LogP contribution is -2.36. The van der Waals surface area contributed by atoms with Gasteiger partial charge >= 0.3 is 0 Å². The Kier molecular flexibility index (Phi) is 4.15. The van der Waals surface area contributed by atoms with Gasteiger partial charge in [-0.1, -0.05) is 17.7 Å². The van der Waals surface area contributed by atoms with Crippen LogP contribution in [0.4, 0.5) is 0 Å². The Morgan fingerprint density at radius 2 is 2.22 bits per heavy atom. The quantitative estimate of drug-likeness (QED) is 0.827. The van der Waals surface area contributed by atoms with Gasteiger partial charge in [0.2, 0.25) is 0 Å². The molecule has 1 heterocycles. The number of Topliss-reactive ketones (excluding diaryl/α,β-unsaturated/α-hetero) is 1. The van der Waals surface area contributed by atoms with Crippen molar-refractivity contribution in [2.45, 2.75) is 32.7 Å². The highest BCUT2D eigenvalue weighted by atomic mass is 16.3. The van der Waals surface area contributed by atoms with E-state index in [1.807, 2.05) is 32.0 Å². The van der Waals surface area contributed by atoms with Gasteiger partial charge in [-0.25, -0.2) is 0 Å². The summed E-state index contributed by atoms with van der Waals surface area (Å²) < 4.78 is 0. The fraction of sp³-hybridized carbons (Fsp3) is 0.533. The van der Waals surface area contributed by atoms with Gasteiger partial charge in [0.15, 0.2) is 5.78 Å². The van der Waals surface area contributed by atoms with E-state index in [2.05, 4.69) is 4.90 Å². The molecular formula is C15H21NO2. The SMILES string of the molecule is Cc1ccc(C)c(C(=O)CN2CCCC2CO)c1. The van der Waals surface area contributed by atoms with Gasteiger partial charge in [0.1, 0.15) is 0 Å². The Balaban J connectivity index is 2.09. The molecule has 1 aliphatic rings. The molecule has 0 spiro atoms. The maximum atomic E-state index is 12.3. The van der Waals surface area contributed by atoms with E-state index in [9.17, 15) is 9.90 Å². The van der Waals surface area contributed by atoms with Crippen LogP contribution in [-0.4, -0.2) is 41.5 Å². The molecule has 0 amide bonds. The normalized spacial score (nSPS) is 20.3. The number of likely N-dealkylation sites (tertiary alicyclic amines) is 1. The molecule has 3 heteroatoms. The number of aliphatic hydroxyl groups excluding tert-OH is 1. The number of hydrogen-bond donors (Lipinski definition) is 1. The highest BCUT2D eigenvalue weighted by Crippen LogP contribution is 2.18. The summed E-state index contributed by atoms with van der Waals surface area (Å²) in [6.45, 7) is 5.47. The van der Waals surface area contributed by atoms with E-state index in [1.165, 1.54) is 0 Å². The minimum Gasteiger partial charge on any atom is -0.395 e. The molecule has 0 radical (unpaired) electrons. The molecule has 0 bridgehead atoms. The minimum atomic E-state index is 0.153. The van der Waals surface area contributed by atoms with Gasteiger partial charge in [-0.3, -0.25) is 9.69 Å². The molecule has 0 saturated carbocycles. The van der Waals surface area contributed by atoms with Crippen LogP contribution in [0, 0.1) is 13.8 Å². The standard InChI is InChI=1S/C15H21NO2/c1-11-5-6-12(2)14(8-11)15(18)9-16-7-3-4-13(16)10-17/h5-6,8,13,17H,3-4,7,9-10H2,1-2H3. The van der Waals surface area contributed by atoms with Crippen molar-refractivity contribution in [1.82, 2.24) is 4.90 Å². The number of carbonyl (C=O) groups is 1. The summed E-state index contributed by atoms with van der Waals surface area (Å²) in [4.78, 5) is 14.4. The van der Waals surface area contributed by atoms with Gasteiger partial charge in [-0.05, 0) is 44.9 Å². The molecule has 1 atom stereocenters. The van der Waals surface area contributed by atoms with Crippen molar-refractivity contribution in [3.63, 3.8) is 0 Å². The van der Waals surface area contributed by atoms with Crippen LogP contribution in [0.5, 0.6) is 0 Å². The van der Waals surface area contributed by atoms with Crippen LogP contribution in [-0.2, 0) is 0 Å². The molecule has 18 heavy (non-hydrogen) atoms. The molecule has 0 aromatic heterocycles. The number of ketones is 1. The fourth-order valence-electron chi connectivity index (χ4n) is 2.62. The number of nitrogens with zero attached hydrogens (tertiary/aromatic N) is 1. The summed E-state index contributed by atoms with van der Waals surface area (Å²) >= 11 is 0. The zero-order valence-electron chi connectivity index (χ0n) is 11.1. The highest BCUT2D eigenvalue weighted by Gasteiger charge is 2.26.